The lowest BCUT2D eigenvalue weighted by Crippen LogP contribution is -2.46. The van der Waals surface area contributed by atoms with Crippen molar-refractivity contribution in [3.63, 3.8) is 0 Å². The third-order valence-electron chi connectivity index (χ3n) is 6.19. The predicted molar refractivity (Wildman–Crippen MR) is 124 cm³/mol. The number of ether oxygens (including phenoxy) is 2. The molecule has 0 aliphatic carbocycles. The lowest BCUT2D eigenvalue weighted by atomic mass is 10.0. The minimum Gasteiger partial charge on any atom is -0.491 e. The second-order valence-corrected chi connectivity index (χ2v) is 8.38. The van der Waals surface area contributed by atoms with Crippen molar-refractivity contribution < 1.29 is 9.47 Å². The zero-order valence-corrected chi connectivity index (χ0v) is 18.3. The van der Waals surface area contributed by atoms with Crippen LogP contribution in [0.1, 0.15) is 24.8 Å². The van der Waals surface area contributed by atoms with Crippen LogP contribution in [-0.4, -0.2) is 65.8 Å². The van der Waals surface area contributed by atoms with Crippen LogP contribution in [0.15, 0.2) is 41.3 Å². The summed E-state index contributed by atoms with van der Waals surface area (Å²) in [5.41, 5.74) is 2.71. The van der Waals surface area contributed by atoms with Gasteiger partial charge in [0.05, 0.1) is 18.9 Å². The third-order valence-corrected chi connectivity index (χ3v) is 6.19. The van der Waals surface area contributed by atoms with E-state index in [2.05, 4.69) is 43.0 Å². The Morgan fingerprint density at radius 2 is 2.00 bits per heavy atom. The number of anilines is 1. The van der Waals surface area contributed by atoms with E-state index in [1.165, 1.54) is 17.4 Å². The molecule has 32 heavy (non-hydrogen) atoms. The summed E-state index contributed by atoms with van der Waals surface area (Å²) in [5, 5.41) is 0.790. The summed E-state index contributed by atoms with van der Waals surface area (Å²) in [6.45, 7) is 6.72. The van der Waals surface area contributed by atoms with E-state index in [-0.39, 0.29) is 0 Å². The fraction of sp³-hybridized carbons (Fsp3) is 0.458. The number of aryl methyl sites for hydroxylation is 1. The van der Waals surface area contributed by atoms with Crippen molar-refractivity contribution in [2.24, 2.45) is 0 Å². The van der Waals surface area contributed by atoms with Crippen LogP contribution in [0.25, 0.3) is 11.0 Å². The molecule has 0 saturated carbocycles. The van der Waals surface area contributed by atoms with E-state index >= 15 is 0 Å². The quantitative estimate of drug-likeness (QED) is 0.571. The zero-order valence-electron chi connectivity index (χ0n) is 18.3. The van der Waals surface area contributed by atoms with Crippen molar-refractivity contribution in [2.75, 3.05) is 50.8 Å². The molecule has 0 radical (unpaired) electrons. The van der Waals surface area contributed by atoms with E-state index in [1.807, 2.05) is 12.1 Å². The normalized spacial score (nSPS) is 16.6. The van der Waals surface area contributed by atoms with Gasteiger partial charge in [-0.15, -0.1) is 0 Å². The smallest absolute Gasteiger partial charge is 0.346 e. The molecule has 5 rings (SSSR count). The minimum absolute atomic E-state index is 0.401. The molecule has 8 nitrogen and oxygen atoms in total. The van der Waals surface area contributed by atoms with Gasteiger partial charge in [0.15, 0.2) is 0 Å². The summed E-state index contributed by atoms with van der Waals surface area (Å²) in [7, 11) is 0. The van der Waals surface area contributed by atoms with Gasteiger partial charge in [-0.05, 0) is 49.9 Å². The molecule has 0 atom stereocenters. The van der Waals surface area contributed by atoms with Crippen LogP contribution in [0.4, 0.5) is 5.69 Å². The number of aromatic amines is 1. The largest absolute Gasteiger partial charge is 0.491 e. The number of benzene rings is 1. The van der Waals surface area contributed by atoms with E-state index in [1.54, 1.807) is 0 Å². The molecule has 4 heterocycles. The molecule has 2 aromatic heterocycles. The number of H-pyrrole nitrogens is 1. The molecule has 0 amide bonds. The summed E-state index contributed by atoms with van der Waals surface area (Å²) in [6.07, 6.45) is 5.80. The van der Waals surface area contributed by atoms with Crippen LogP contribution >= 0.6 is 0 Å². The number of aromatic nitrogens is 3. The predicted octanol–water partition coefficient (Wildman–Crippen LogP) is 2.62. The topological polar surface area (TPSA) is 83.6 Å². The minimum atomic E-state index is -0.401. The van der Waals surface area contributed by atoms with Crippen LogP contribution < -0.4 is 20.1 Å². The van der Waals surface area contributed by atoms with Gasteiger partial charge in [-0.2, -0.15) is 4.98 Å². The average Bonchev–Trinajstić information content (AvgIpc) is 2.83. The van der Waals surface area contributed by atoms with Gasteiger partial charge in [-0.3, -0.25) is 9.88 Å². The Balaban J connectivity index is 1.05. The summed E-state index contributed by atoms with van der Waals surface area (Å²) in [5.74, 6) is 1.63. The van der Waals surface area contributed by atoms with E-state index in [9.17, 15) is 4.79 Å². The molecule has 1 aromatic carbocycles. The van der Waals surface area contributed by atoms with E-state index < -0.39 is 5.69 Å². The summed E-state index contributed by atoms with van der Waals surface area (Å²) in [6, 6.07) is 10.2. The highest BCUT2D eigenvalue weighted by atomic mass is 16.5. The highest BCUT2D eigenvalue weighted by Gasteiger charge is 2.22. The lowest BCUT2D eigenvalue weighted by Gasteiger charge is -2.37. The number of nitrogens with zero attached hydrogens (tertiary/aromatic N) is 4. The standard InChI is InChI=1S/C24H29N5O3/c30-24-25-17-19-8-9-21(26-23(19)27-24)31-15-2-1-10-28-11-13-29(14-12-28)20-7-3-5-18-6-4-16-32-22(18)20/h3,5,7-9,17H,1-2,4,6,10-16H2,(H,25,26,27,30). The Morgan fingerprint density at radius 3 is 2.91 bits per heavy atom. The summed E-state index contributed by atoms with van der Waals surface area (Å²) in [4.78, 5) is 27.0. The number of rotatable bonds is 7. The number of nitrogens with one attached hydrogen (secondary N) is 1. The SMILES string of the molecule is O=c1ncc2ccc(OCCCCN3CCN(c4cccc5c4OCCC5)CC3)nc2[nH]1. The molecule has 1 fully saturated rings. The second kappa shape index (κ2) is 9.56. The average molecular weight is 436 g/mol. The molecule has 1 saturated heterocycles. The zero-order chi connectivity index (χ0) is 21.8. The first-order valence-corrected chi connectivity index (χ1v) is 11.5. The number of fused-ring (bicyclic) bond motifs is 2. The lowest BCUT2D eigenvalue weighted by molar-refractivity contribution is 0.235. The first-order chi connectivity index (χ1) is 15.8. The molecule has 0 spiro atoms. The number of unbranched alkanes of at least 4 members (excludes halogenated alkanes) is 1. The van der Waals surface area contributed by atoms with Gasteiger partial charge in [-0.1, -0.05) is 12.1 Å². The Hall–Kier alpha value is -3.13. The molecular formula is C24H29N5O3. The van der Waals surface area contributed by atoms with Gasteiger partial charge in [0.1, 0.15) is 11.4 Å². The molecule has 8 heteroatoms. The van der Waals surface area contributed by atoms with E-state index in [0.29, 0.717) is 18.1 Å². The van der Waals surface area contributed by atoms with Gasteiger partial charge in [0.2, 0.25) is 5.88 Å². The number of pyridine rings is 1. The Kier molecular flexibility index (Phi) is 6.20. The van der Waals surface area contributed by atoms with Crippen LogP contribution in [0.2, 0.25) is 0 Å². The van der Waals surface area contributed by atoms with Gasteiger partial charge in [-0.25, -0.2) is 9.78 Å². The molecule has 2 aliphatic rings. The van der Waals surface area contributed by atoms with Crippen molar-refractivity contribution in [1.29, 1.82) is 0 Å². The molecule has 2 aliphatic heterocycles. The third kappa shape index (κ3) is 4.70. The highest BCUT2D eigenvalue weighted by molar-refractivity contribution is 5.73. The van der Waals surface area contributed by atoms with Crippen LogP contribution in [0, 0.1) is 0 Å². The molecule has 1 N–H and O–H groups in total. The van der Waals surface area contributed by atoms with Crippen molar-refractivity contribution in [3.8, 4) is 11.6 Å². The molecule has 0 bridgehead atoms. The monoisotopic (exact) mass is 435 g/mol. The molecule has 168 valence electrons. The van der Waals surface area contributed by atoms with Crippen molar-refractivity contribution in [2.45, 2.75) is 25.7 Å². The van der Waals surface area contributed by atoms with Gasteiger partial charge < -0.3 is 14.4 Å². The Labute approximate surface area is 187 Å². The van der Waals surface area contributed by atoms with E-state index in [0.717, 1.165) is 76.1 Å². The van der Waals surface area contributed by atoms with E-state index in [4.69, 9.17) is 9.47 Å². The molecular weight excluding hydrogens is 406 g/mol. The van der Waals surface area contributed by atoms with Crippen LogP contribution in [-0.2, 0) is 6.42 Å². The summed E-state index contributed by atoms with van der Waals surface area (Å²) >= 11 is 0. The Morgan fingerprint density at radius 1 is 1.09 bits per heavy atom. The summed E-state index contributed by atoms with van der Waals surface area (Å²) < 4.78 is 11.8. The van der Waals surface area contributed by atoms with Crippen molar-refractivity contribution in [3.05, 3.63) is 52.6 Å². The maximum absolute atomic E-state index is 11.3. The Bertz CT molecular complexity index is 1120. The first-order valence-electron chi connectivity index (χ1n) is 11.5. The number of hydrogen-bond acceptors (Lipinski definition) is 7. The number of piperazine rings is 1. The van der Waals surface area contributed by atoms with Crippen molar-refractivity contribution in [1.82, 2.24) is 19.9 Å². The van der Waals surface area contributed by atoms with Crippen LogP contribution in [0.3, 0.4) is 0 Å². The fourth-order valence-corrected chi connectivity index (χ4v) is 4.45. The molecule has 3 aromatic rings. The first kappa shape index (κ1) is 20.8. The van der Waals surface area contributed by atoms with Gasteiger partial charge in [0.25, 0.3) is 0 Å². The van der Waals surface area contributed by atoms with Crippen LogP contribution in [0.5, 0.6) is 11.6 Å². The van der Waals surface area contributed by atoms with Gasteiger partial charge in [0, 0.05) is 43.8 Å². The maximum Gasteiger partial charge on any atom is 0.346 e. The fourth-order valence-electron chi connectivity index (χ4n) is 4.45. The second-order valence-electron chi connectivity index (χ2n) is 8.38. The van der Waals surface area contributed by atoms with Gasteiger partial charge >= 0.3 is 5.69 Å². The maximum atomic E-state index is 11.3. The number of para-hydroxylation sites is 1. The number of hydrogen-bond donors (Lipinski definition) is 1. The molecule has 0 unspecified atom stereocenters. The van der Waals surface area contributed by atoms with Crippen molar-refractivity contribution >= 4 is 16.7 Å². The highest BCUT2D eigenvalue weighted by Crippen LogP contribution is 2.35.